The Hall–Kier alpha value is -2.14. The summed E-state index contributed by atoms with van der Waals surface area (Å²) in [6.45, 7) is 8.10. The van der Waals surface area contributed by atoms with Gasteiger partial charge in [0.2, 0.25) is 0 Å². The molecule has 0 bridgehead atoms. The lowest BCUT2D eigenvalue weighted by Crippen LogP contribution is -2.04. The van der Waals surface area contributed by atoms with E-state index in [9.17, 15) is 9.90 Å². The molecule has 1 aromatic carbocycles. The summed E-state index contributed by atoms with van der Waals surface area (Å²) in [7, 11) is 1.61. The van der Waals surface area contributed by atoms with Crippen LogP contribution in [0.1, 0.15) is 38.6 Å². The summed E-state index contributed by atoms with van der Waals surface area (Å²) < 4.78 is 5.08. The molecule has 0 spiro atoms. The molecule has 0 aliphatic rings. The molecule has 0 saturated carbocycles. The number of aromatic carboxylic acids is 1. The largest absolute Gasteiger partial charge is 0.478 e. The van der Waals surface area contributed by atoms with E-state index in [2.05, 4.69) is 9.97 Å². The normalized spacial score (nSPS) is 10.9. The van der Waals surface area contributed by atoms with E-state index in [4.69, 9.17) is 4.74 Å². The number of nitrogens with one attached hydrogen (secondary N) is 1. The predicted octanol–water partition coefficient (Wildman–Crippen LogP) is 3.15. The molecule has 0 radical (unpaired) electrons. The molecule has 5 heteroatoms. The number of carbonyl (C=O) groups is 1. The van der Waals surface area contributed by atoms with Gasteiger partial charge in [0.05, 0.1) is 11.3 Å². The van der Waals surface area contributed by atoms with Crippen molar-refractivity contribution in [3.05, 3.63) is 39.8 Å². The average molecular weight is 288 g/mol. The van der Waals surface area contributed by atoms with Gasteiger partial charge in [0.25, 0.3) is 0 Å². The van der Waals surface area contributed by atoms with Gasteiger partial charge >= 0.3 is 5.97 Å². The number of hydrogen-bond acceptors (Lipinski definition) is 3. The lowest BCUT2D eigenvalue weighted by Gasteiger charge is -2.13. The summed E-state index contributed by atoms with van der Waals surface area (Å²) >= 11 is 0. The van der Waals surface area contributed by atoms with E-state index in [1.807, 2.05) is 27.7 Å². The van der Waals surface area contributed by atoms with Crippen LogP contribution < -0.4 is 0 Å². The van der Waals surface area contributed by atoms with Crippen molar-refractivity contribution in [3.8, 4) is 11.3 Å². The third kappa shape index (κ3) is 2.69. The minimum atomic E-state index is -0.915. The van der Waals surface area contributed by atoms with Gasteiger partial charge in [0, 0.05) is 18.4 Å². The third-order valence-corrected chi connectivity index (χ3v) is 3.92. The Morgan fingerprint density at radius 1 is 1.24 bits per heavy atom. The molecular formula is C16H20N2O3. The first-order chi connectivity index (χ1) is 9.86. The summed E-state index contributed by atoms with van der Waals surface area (Å²) in [6.07, 6.45) is 0. The van der Waals surface area contributed by atoms with Gasteiger partial charge < -0.3 is 14.8 Å². The molecule has 2 aromatic rings. The predicted molar refractivity (Wildman–Crippen MR) is 80.6 cm³/mol. The minimum Gasteiger partial charge on any atom is -0.478 e. The third-order valence-electron chi connectivity index (χ3n) is 3.92. The topological polar surface area (TPSA) is 75.2 Å². The number of aromatic amines is 1. The molecule has 0 aliphatic heterocycles. The van der Waals surface area contributed by atoms with E-state index >= 15 is 0 Å². The van der Waals surface area contributed by atoms with Crippen LogP contribution in [-0.4, -0.2) is 28.2 Å². The molecule has 2 N–H and O–H groups in total. The molecule has 5 nitrogen and oxygen atoms in total. The van der Waals surface area contributed by atoms with Crippen LogP contribution in [0, 0.1) is 27.7 Å². The van der Waals surface area contributed by atoms with Gasteiger partial charge in [-0.05, 0) is 50.5 Å². The van der Waals surface area contributed by atoms with Crippen molar-refractivity contribution in [2.24, 2.45) is 0 Å². The number of nitrogens with zero attached hydrogens (tertiary/aromatic N) is 1. The van der Waals surface area contributed by atoms with Crippen LogP contribution in [0.5, 0.6) is 0 Å². The zero-order valence-electron chi connectivity index (χ0n) is 13.0. The average Bonchev–Trinajstić information content (AvgIpc) is 2.77. The van der Waals surface area contributed by atoms with Crippen LogP contribution in [0.15, 0.2) is 6.07 Å². The van der Waals surface area contributed by atoms with Crippen molar-refractivity contribution in [2.45, 2.75) is 34.3 Å². The van der Waals surface area contributed by atoms with Gasteiger partial charge in [0.1, 0.15) is 12.4 Å². The van der Waals surface area contributed by atoms with Crippen molar-refractivity contribution >= 4 is 5.97 Å². The first-order valence-electron chi connectivity index (χ1n) is 6.75. The monoisotopic (exact) mass is 288 g/mol. The summed E-state index contributed by atoms with van der Waals surface area (Å²) in [5, 5.41) is 9.36. The maximum absolute atomic E-state index is 11.4. The molecule has 0 unspecified atom stereocenters. The Balaban J connectivity index is 2.66. The van der Waals surface area contributed by atoms with Gasteiger partial charge in [-0.1, -0.05) is 0 Å². The number of H-pyrrole nitrogens is 1. The molecule has 0 fully saturated rings. The number of carboxylic acid groups (broad SMARTS) is 1. The van der Waals surface area contributed by atoms with Crippen LogP contribution in [-0.2, 0) is 11.3 Å². The standard InChI is InChI=1S/C16H20N2O3/c1-8-9(2)12(6-13(10(8)3)16(19)20)15-11(4)17-14(18-15)7-21-5/h6H,7H2,1-5H3,(H,17,18)(H,19,20). The van der Waals surface area contributed by atoms with E-state index in [1.54, 1.807) is 13.2 Å². The number of benzene rings is 1. The molecule has 112 valence electrons. The lowest BCUT2D eigenvalue weighted by atomic mass is 9.92. The first kappa shape index (κ1) is 15.3. The quantitative estimate of drug-likeness (QED) is 0.906. The highest BCUT2D eigenvalue weighted by molar-refractivity contribution is 5.92. The Labute approximate surface area is 124 Å². The molecule has 1 heterocycles. The van der Waals surface area contributed by atoms with Crippen molar-refractivity contribution < 1.29 is 14.6 Å². The Bertz CT molecular complexity index is 702. The zero-order valence-corrected chi connectivity index (χ0v) is 13.0. The fourth-order valence-electron chi connectivity index (χ4n) is 2.50. The number of ether oxygens (including phenoxy) is 1. The summed E-state index contributed by atoms with van der Waals surface area (Å²) in [4.78, 5) is 19.1. The maximum Gasteiger partial charge on any atom is 0.335 e. The highest BCUT2D eigenvalue weighted by Gasteiger charge is 2.18. The van der Waals surface area contributed by atoms with Gasteiger partial charge in [-0.2, -0.15) is 0 Å². The van der Waals surface area contributed by atoms with Gasteiger partial charge in [-0.3, -0.25) is 0 Å². The molecular weight excluding hydrogens is 268 g/mol. The Morgan fingerprint density at radius 2 is 1.90 bits per heavy atom. The second kappa shape index (κ2) is 5.69. The van der Waals surface area contributed by atoms with E-state index in [-0.39, 0.29) is 0 Å². The molecule has 0 saturated heterocycles. The minimum absolute atomic E-state index is 0.323. The summed E-state index contributed by atoms with van der Waals surface area (Å²) in [5.74, 6) is -0.179. The van der Waals surface area contributed by atoms with Gasteiger partial charge in [-0.15, -0.1) is 0 Å². The van der Waals surface area contributed by atoms with E-state index in [0.717, 1.165) is 39.5 Å². The Morgan fingerprint density at radius 3 is 2.48 bits per heavy atom. The van der Waals surface area contributed by atoms with Gasteiger partial charge in [0.15, 0.2) is 0 Å². The number of methoxy groups -OCH3 is 1. The first-order valence-corrected chi connectivity index (χ1v) is 6.75. The second-order valence-electron chi connectivity index (χ2n) is 5.24. The van der Waals surface area contributed by atoms with Crippen molar-refractivity contribution in [2.75, 3.05) is 7.11 Å². The molecule has 0 atom stereocenters. The lowest BCUT2D eigenvalue weighted by molar-refractivity contribution is 0.0696. The van der Waals surface area contributed by atoms with Crippen LogP contribution >= 0.6 is 0 Å². The van der Waals surface area contributed by atoms with Gasteiger partial charge in [-0.25, -0.2) is 9.78 Å². The number of rotatable bonds is 4. The molecule has 1 aromatic heterocycles. The number of hydrogen-bond donors (Lipinski definition) is 2. The van der Waals surface area contributed by atoms with Crippen LogP contribution in [0.4, 0.5) is 0 Å². The summed E-state index contributed by atoms with van der Waals surface area (Å²) in [6, 6.07) is 1.71. The van der Waals surface area contributed by atoms with Crippen LogP contribution in [0.2, 0.25) is 0 Å². The fraction of sp³-hybridized carbons (Fsp3) is 0.375. The van der Waals surface area contributed by atoms with Crippen molar-refractivity contribution in [3.63, 3.8) is 0 Å². The molecule has 2 rings (SSSR count). The highest BCUT2D eigenvalue weighted by Crippen LogP contribution is 2.31. The molecule has 0 amide bonds. The SMILES string of the molecule is COCc1nc(-c2cc(C(=O)O)c(C)c(C)c2C)c(C)[nH]1. The van der Waals surface area contributed by atoms with E-state index < -0.39 is 5.97 Å². The fourth-order valence-corrected chi connectivity index (χ4v) is 2.50. The number of aryl methyl sites for hydroxylation is 1. The maximum atomic E-state index is 11.4. The number of carboxylic acids is 1. The van der Waals surface area contributed by atoms with Crippen molar-refractivity contribution in [1.82, 2.24) is 9.97 Å². The number of imidazole rings is 1. The second-order valence-corrected chi connectivity index (χ2v) is 5.24. The van der Waals surface area contributed by atoms with E-state index in [0.29, 0.717) is 12.2 Å². The van der Waals surface area contributed by atoms with Crippen LogP contribution in [0.3, 0.4) is 0 Å². The molecule has 0 aliphatic carbocycles. The zero-order chi connectivity index (χ0) is 15.7. The Kier molecular flexibility index (Phi) is 4.14. The highest BCUT2D eigenvalue weighted by atomic mass is 16.5. The smallest absolute Gasteiger partial charge is 0.335 e. The number of aromatic nitrogens is 2. The molecule has 21 heavy (non-hydrogen) atoms. The van der Waals surface area contributed by atoms with Crippen molar-refractivity contribution in [1.29, 1.82) is 0 Å². The van der Waals surface area contributed by atoms with Crippen LogP contribution in [0.25, 0.3) is 11.3 Å². The van der Waals surface area contributed by atoms with E-state index in [1.165, 1.54) is 0 Å². The summed E-state index contributed by atoms with van der Waals surface area (Å²) in [5.41, 5.74) is 5.70.